The van der Waals surface area contributed by atoms with Gasteiger partial charge in [-0.15, -0.1) is 0 Å². The molecule has 1 N–H and O–H groups in total. The lowest BCUT2D eigenvalue weighted by atomic mass is 9.99. The van der Waals surface area contributed by atoms with Crippen molar-refractivity contribution in [3.8, 4) is 0 Å². The Morgan fingerprint density at radius 1 is 1.45 bits per heavy atom. The van der Waals surface area contributed by atoms with E-state index in [-0.39, 0.29) is 0 Å². The average molecular weight is 280 g/mol. The lowest BCUT2D eigenvalue weighted by molar-refractivity contribution is 0.203. The maximum Gasteiger partial charge on any atom is 0.226 e. The van der Waals surface area contributed by atoms with Gasteiger partial charge >= 0.3 is 0 Å². The van der Waals surface area contributed by atoms with E-state index in [1.807, 2.05) is 0 Å². The molecule has 114 valence electrons. The van der Waals surface area contributed by atoms with Crippen LogP contribution in [-0.4, -0.2) is 41.2 Å². The molecule has 1 aromatic heterocycles. The highest BCUT2D eigenvalue weighted by molar-refractivity contribution is 4.88. The van der Waals surface area contributed by atoms with Gasteiger partial charge in [0.1, 0.15) is 0 Å². The summed E-state index contributed by atoms with van der Waals surface area (Å²) in [6, 6.07) is 0. The van der Waals surface area contributed by atoms with Crippen molar-refractivity contribution < 1.29 is 4.52 Å². The van der Waals surface area contributed by atoms with E-state index < -0.39 is 0 Å². The van der Waals surface area contributed by atoms with Gasteiger partial charge in [0.05, 0.1) is 6.54 Å². The molecule has 0 aromatic carbocycles. The monoisotopic (exact) mass is 280 g/mol. The molecule has 1 fully saturated rings. The lowest BCUT2D eigenvalue weighted by Gasteiger charge is -2.28. The number of piperidine rings is 1. The molecule has 0 aliphatic carbocycles. The second-order valence-electron chi connectivity index (χ2n) is 6.24. The van der Waals surface area contributed by atoms with Gasteiger partial charge < -0.3 is 9.84 Å². The number of aromatic nitrogens is 2. The van der Waals surface area contributed by atoms with Crippen LogP contribution in [0, 0.1) is 11.8 Å². The second kappa shape index (κ2) is 7.74. The first kappa shape index (κ1) is 15.4. The molecule has 2 heterocycles. The molecule has 20 heavy (non-hydrogen) atoms. The minimum absolute atomic E-state index is 0.555. The third-order valence-corrected chi connectivity index (χ3v) is 3.82. The summed E-state index contributed by atoms with van der Waals surface area (Å²) in [5, 5.41) is 7.58. The lowest BCUT2D eigenvalue weighted by Crippen LogP contribution is -2.38. The van der Waals surface area contributed by atoms with Gasteiger partial charge in [0.2, 0.25) is 5.89 Å². The molecule has 0 spiro atoms. The topological polar surface area (TPSA) is 54.2 Å². The summed E-state index contributed by atoms with van der Waals surface area (Å²) in [7, 11) is 0. The van der Waals surface area contributed by atoms with E-state index in [4.69, 9.17) is 4.52 Å². The molecule has 1 aromatic rings. The number of hydrogen-bond donors (Lipinski definition) is 1. The predicted octanol–water partition coefficient (Wildman–Crippen LogP) is 2.09. The second-order valence-corrected chi connectivity index (χ2v) is 6.24. The number of nitrogens with zero attached hydrogens (tertiary/aromatic N) is 3. The molecule has 1 aliphatic heterocycles. The number of hydrogen-bond acceptors (Lipinski definition) is 5. The van der Waals surface area contributed by atoms with E-state index in [1.54, 1.807) is 0 Å². The first-order valence-electron chi connectivity index (χ1n) is 7.92. The SMILES string of the molecule is CCN(Cc1noc(CC(C)C)n1)CC1CCCNC1. The molecule has 1 saturated heterocycles. The maximum absolute atomic E-state index is 5.31. The van der Waals surface area contributed by atoms with Gasteiger partial charge in [-0.25, -0.2) is 0 Å². The molecule has 0 radical (unpaired) electrons. The van der Waals surface area contributed by atoms with E-state index in [1.165, 1.54) is 19.4 Å². The standard InChI is InChI=1S/C15H28N4O/c1-4-19(10-13-6-5-7-16-9-13)11-14-17-15(20-18-14)8-12(2)3/h12-13,16H,4-11H2,1-3H3. The summed E-state index contributed by atoms with van der Waals surface area (Å²) in [5.74, 6) is 2.90. The summed E-state index contributed by atoms with van der Waals surface area (Å²) in [5.41, 5.74) is 0. The van der Waals surface area contributed by atoms with Crippen LogP contribution in [0.4, 0.5) is 0 Å². The molecule has 5 heteroatoms. The van der Waals surface area contributed by atoms with Crippen molar-refractivity contribution in [1.82, 2.24) is 20.4 Å². The number of nitrogens with one attached hydrogen (secondary N) is 1. The molecule has 0 amide bonds. The third kappa shape index (κ3) is 4.87. The Morgan fingerprint density at radius 3 is 2.95 bits per heavy atom. The smallest absolute Gasteiger partial charge is 0.226 e. The Balaban J connectivity index is 1.83. The molecular formula is C15H28N4O. The number of rotatable bonds is 7. The summed E-state index contributed by atoms with van der Waals surface area (Å²) >= 11 is 0. The van der Waals surface area contributed by atoms with Crippen molar-refractivity contribution >= 4 is 0 Å². The van der Waals surface area contributed by atoms with Crippen LogP contribution in [0.2, 0.25) is 0 Å². The van der Waals surface area contributed by atoms with E-state index in [0.29, 0.717) is 5.92 Å². The van der Waals surface area contributed by atoms with Crippen LogP contribution in [0.5, 0.6) is 0 Å². The Kier molecular flexibility index (Phi) is 5.98. The van der Waals surface area contributed by atoms with Crippen molar-refractivity contribution in [2.45, 2.75) is 46.6 Å². The van der Waals surface area contributed by atoms with Gasteiger partial charge in [-0.05, 0) is 44.3 Å². The van der Waals surface area contributed by atoms with E-state index in [0.717, 1.165) is 50.2 Å². The molecule has 0 bridgehead atoms. The third-order valence-electron chi connectivity index (χ3n) is 3.82. The Labute approximate surface area is 122 Å². The van der Waals surface area contributed by atoms with Crippen LogP contribution in [0.25, 0.3) is 0 Å². The fourth-order valence-electron chi connectivity index (χ4n) is 2.74. The fourth-order valence-corrected chi connectivity index (χ4v) is 2.74. The molecule has 1 aliphatic rings. The van der Waals surface area contributed by atoms with Crippen LogP contribution in [0.1, 0.15) is 45.3 Å². The van der Waals surface area contributed by atoms with Gasteiger partial charge in [0.25, 0.3) is 0 Å². The Morgan fingerprint density at radius 2 is 2.30 bits per heavy atom. The van der Waals surface area contributed by atoms with Gasteiger partial charge in [-0.1, -0.05) is 25.9 Å². The van der Waals surface area contributed by atoms with E-state index >= 15 is 0 Å². The highest BCUT2D eigenvalue weighted by Gasteiger charge is 2.18. The molecule has 0 saturated carbocycles. The van der Waals surface area contributed by atoms with Crippen LogP contribution < -0.4 is 5.32 Å². The Bertz CT molecular complexity index is 385. The van der Waals surface area contributed by atoms with Gasteiger partial charge in [-0.3, -0.25) is 4.90 Å². The highest BCUT2D eigenvalue weighted by Crippen LogP contribution is 2.13. The largest absolute Gasteiger partial charge is 0.339 e. The van der Waals surface area contributed by atoms with Gasteiger partial charge in [-0.2, -0.15) is 4.98 Å². The zero-order valence-electron chi connectivity index (χ0n) is 13.1. The minimum Gasteiger partial charge on any atom is -0.339 e. The summed E-state index contributed by atoms with van der Waals surface area (Å²) in [6.07, 6.45) is 3.49. The molecule has 2 rings (SSSR count). The van der Waals surface area contributed by atoms with Gasteiger partial charge in [0.15, 0.2) is 5.82 Å². The molecular weight excluding hydrogens is 252 g/mol. The average Bonchev–Trinajstić information content (AvgIpc) is 2.85. The quantitative estimate of drug-likeness (QED) is 0.829. The molecule has 1 atom stereocenters. The van der Waals surface area contributed by atoms with Crippen LogP contribution >= 0.6 is 0 Å². The normalized spacial score (nSPS) is 19.9. The van der Waals surface area contributed by atoms with Crippen molar-refractivity contribution in [3.63, 3.8) is 0 Å². The summed E-state index contributed by atoms with van der Waals surface area (Å²) in [6.45, 7) is 11.8. The molecule has 1 unspecified atom stereocenters. The van der Waals surface area contributed by atoms with Crippen LogP contribution in [0.3, 0.4) is 0 Å². The van der Waals surface area contributed by atoms with E-state index in [9.17, 15) is 0 Å². The zero-order valence-corrected chi connectivity index (χ0v) is 13.1. The van der Waals surface area contributed by atoms with Crippen molar-refractivity contribution in [2.75, 3.05) is 26.2 Å². The van der Waals surface area contributed by atoms with Crippen LogP contribution in [-0.2, 0) is 13.0 Å². The maximum atomic E-state index is 5.31. The minimum atomic E-state index is 0.555. The molecule has 5 nitrogen and oxygen atoms in total. The van der Waals surface area contributed by atoms with Crippen LogP contribution in [0.15, 0.2) is 4.52 Å². The van der Waals surface area contributed by atoms with Crippen molar-refractivity contribution in [3.05, 3.63) is 11.7 Å². The Hall–Kier alpha value is -0.940. The fraction of sp³-hybridized carbons (Fsp3) is 0.867. The van der Waals surface area contributed by atoms with Crippen molar-refractivity contribution in [1.29, 1.82) is 0 Å². The zero-order chi connectivity index (χ0) is 14.4. The predicted molar refractivity (Wildman–Crippen MR) is 79.4 cm³/mol. The van der Waals surface area contributed by atoms with E-state index in [2.05, 4.69) is 41.1 Å². The summed E-state index contributed by atoms with van der Waals surface area (Å²) in [4.78, 5) is 6.91. The van der Waals surface area contributed by atoms with Crippen molar-refractivity contribution in [2.24, 2.45) is 11.8 Å². The van der Waals surface area contributed by atoms with Gasteiger partial charge in [0, 0.05) is 13.0 Å². The first-order valence-corrected chi connectivity index (χ1v) is 7.92. The first-order chi connectivity index (χ1) is 9.67. The highest BCUT2D eigenvalue weighted by atomic mass is 16.5. The summed E-state index contributed by atoms with van der Waals surface area (Å²) < 4.78 is 5.31.